The van der Waals surface area contributed by atoms with Gasteiger partial charge in [0.2, 0.25) is 5.91 Å². The molecule has 4 nitrogen and oxygen atoms in total. The molecule has 0 fully saturated rings. The molecule has 0 unspecified atom stereocenters. The molecule has 1 aliphatic heterocycles. The highest BCUT2D eigenvalue weighted by molar-refractivity contribution is 5.98. The highest BCUT2D eigenvalue weighted by atomic mass is 16.4. The summed E-state index contributed by atoms with van der Waals surface area (Å²) in [7, 11) is 0. The molecular weight excluding hydrogens is 302 g/mol. The van der Waals surface area contributed by atoms with Gasteiger partial charge in [-0.05, 0) is 29.2 Å². The summed E-state index contributed by atoms with van der Waals surface area (Å²) in [4.78, 5) is 25.2. The molecule has 1 amide bonds. The number of fused-ring (bicyclic) bond motifs is 2. The van der Waals surface area contributed by atoms with Crippen molar-refractivity contribution in [3.8, 4) is 0 Å². The number of benzene rings is 2. The van der Waals surface area contributed by atoms with Crippen molar-refractivity contribution in [1.29, 1.82) is 0 Å². The van der Waals surface area contributed by atoms with E-state index >= 15 is 0 Å². The molecule has 122 valence electrons. The maximum Gasteiger partial charge on any atom is 0.303 e. The Morgan fingerprint density at radius 2 is 1.67 bits per heavy atom. The number of carbonyl (C=O) groups excluding carboxylic acids is 1. The summed E-state index contributed by atoms with van der Waals surface area (Å²) >= 11 is 0. The van der Waals surface area contributed by atoms with E-state index < -0.39 is 5.97 Å². The fraction of sp³-hybridized carbons (Fsp3) is 0.200. The van der Waals surface area contributed by atoms with Crippen molar-refractivity contribution in [2.75, 3.05) is 4.90 Å². The summed E-state index contributed by atoms with van der Waals surface area (Å²) in [5.74, 6) is -1.15. The number of carbonyl (C=O) groups is 2. The first-order chi connectivity index (χ1) is 11.6. The molecule has 4 heteroatoms. The van der Waals surface area contributed by atoms with E-state index in [0.29, 0.717) is 6.54 Å². The highest BCUT2D eigenvalue weighted by Gasteiger charge is 2.24. The lowest BCUT2D eigenvalue weighted by atomic mass is 9.92. The van der Waals surface area contributed by atoms with E-state index in [-0.39, 0.29) is 18.7 Å². The molecule has 0 spiro atoms. The number of amides is 1. The second-order valence-electron chi connectivity index (χ2n) is 5.94. The lowest BCUT2D eigenvalue weighted by molar-refractivity contribution is -0.138. The van der Waals surface area contributed by atoms with E-state index in [1.165, 1.54) is 0 Å². The molecule has 0 aromatic heterocycles. The number of aliphatic carboxylic acids is 1. The van der Waals surface area contributed by atoms with Gasteiger partial charge >= 0.3 is 5.97 Å². The summed E-state index contributed by atoms with van der Waals surface area (Å²) in [5.41, 5.74) is 4.90. The Labute approximate surface area is 141 Å². The zero-order chi connectivity index (χ0) is 17.1. The Balaban J connectivity index is 2.04. The Kier molecular flexibility index (Phi) is 4.47. The highest BCUT2D eigenvalue weighted by Crippen LogP contribution is 2.33. The van der Waals surface area contributed by atoms with Crippen LogP contribution in [-0.4, -0.2) is 17.0 Å². The normalized spacial score (nSPS) is 13.5. The third kappa shape index (κ3) is 3.23. The van der Waals surface area contributed by atoms with Crippen molar-refractivity contribution in [2.24, 2.45) is 0 Å². The van der Waals surface area contributed by atoms with E-state index in [1.54, 1.807) is 4.90 Å². The summed E-state index contributed by atoms with van der Waals surface area (Å²) in [6, 6.07) is 15.7. The fourth-order valence-electron chi connectivity index (χ4n) is 3.04. The molecular formula is C20H19NO3. The largest absolute Gasteiger partial charge is 0.481 e. The Bertz CT molecular complexity index is 810. The Morgan fingerprint density at radius 1 is 1.00 bits per heavy atom. The van der Waals surface area contributed by atoms with Gasteiger partial charge in [-0.25, -0.2) is 0 Å². The van der Waals surface area contributed by atoms with Crippen molar-refractivity contribution in [1.82, 2.24) is 0 Å². The molecule has 1 aliphatic rings. The Hall–Kier alpha value is -2.88. The number of nitrogens with zero attached hydrogens (tertiary/aromatic N) is 1. The fourth-order valence-corrected chi connectivity index (χ4v) is 3.04. The number of allylic oxidation sites excluding steroid dienone is 1. The van der Waals surface area contributed by atoms with Gasteiger partial charge in [0.15, 0.2) is 0 Å². The van der Waals surface area contributed by atoms with Crippen LogP contribution in [0.1, 0.15) is 29.5 Å². The molecule has 0 radical (unpaired) electrons. The average molecular weight is 321 g/mol. The number of para-hydroxylation sites is 1. The molecule has 1 heterocycles. The Morgan fingerprint density at radius 3 is 2.42 bits per heavy atom. The van der Waals surface area contributed by atoms with Gasteiger partial charge in [-0.3, -0.25) is 9.59 Å². The van der Waals surface area contributed by atoms with Crippen molar-refractivity contribution < 1.29 is 14.7 Å². The van der Waals surface area contributed by atoms with E-state index in [4.69, 9.17) is 5.11 Å². The zero-order valence-corrected chi connectivity index (χ0v) is 13.4. The first kappa shape index (κ1) is 16.0. The SMILES string of the molecule is C=C1Cc2ccccc2CN(C(=O)CCC(=O)O)c2ccccc21. The number of carboxylic acids is 1. The first-order valence-corrected chi connectivity index (χ1v) is 7.92. The van der Waals surface area contributed by atoms with Crippen LogP contribution in [0.5, 0.6) is 0 Å². The third-order valence-electron chi connectivity index (χ3n) is 4.28. The molecule has 24 heavy (non-hydrogen) atoms. The molecule has 2 aromatic rings. The second kappa shape index (κ2) is 6.71. The van der Waals surface area contributed by atoms with Crippen LogP contribution in [0.25, 0.3) is 5.57 Å². The number of anilines is 1. The predicted molar refractivity (Wildman–Crippen MR) is 93.7 cm³/mol. The molecule has 0 atom stereocenters. The number of carboxylic acid groups (broad SMARTS) is 1. The van der Waals surface area contributed by atoms with E-state index in [0.717, 1.165) is 34.4 Å². The van der Waals surface area contributed by atoms with Crippen molar-refractivity contribution in [3.63, 3.8) is 0 Å². The molecule has 1 N–H and O–H groups in total. The van der Waals surface area contributed by atoms with E-state index in [2.05, 4.69) is 6.58 Å². The maximum atomic E-state index is 12.7. The lowest BCUT2D eigenvalue weighted by Crippen LogP contribution is -2.32. The number of hydrogen-bond acceptors (Lipinski definition) is 2. The van der Waals surface area contributed by atoms with Crippen LogP contribution in [0, 0.1) is 0 Å². The van der Waals surface area contributed by atoms with Gasteiger partial charge in [-0.1, -0.05) is 49.0 Å². The van der Waals surface area contributed by atoms with Gasteiger partial charge in [-0.2, -0.15) is 0 Å². The van der Waals surface area contributed by atoms with Crippen molar-refractivity contribution in [2.45, 2.75) is 25.8 Å². The topological polar surface area (TPSA) is 57.6 Å². The van der Waals surface area contributed by atoms with Crippen LogP contribution in [0.2, 0.25) is 0 Å². The van der Waals surface area contributed by atoms with Crippen LogP contribution in [-0.2, 0) is 22.6 Å². The van der Waals surface area contributed by atoms with Gasteiger partial charge in [0, 0.05) is 12.0 Å². The standard InChI is InChI=1S/C20H19NO3/c1-14-12-15-6-2-3-7-16(15)13-21(19(22)10-11-20(23)24)18-9-5-4-8-17(14)18/h2-9H,1,10-13H2,(H,23,24). The quantitative estimate of drug-likeness (QED) is 0.938. The van der Waals surface area contributed by atoms with Crippen LogP contribution < -0.4 is 4.90 Å². The molecule has 3 rings (SSSR count). The van der Waals surface area contributed by atoms with Crippen LogP contribution in [0.4, 0.5) is 5.69 Å². The van der Waals surface area contributed by atoms with Crippen LogP contribution >= 0.6 is 0 Å². The summed E-state index contributed by atoms with van der Waals surface area (Å²) < 4.78 is 0. The van der Waals surface area contributed by atoms with Crippen molar-refractivity contribution >= 4 is 23.1 Å². The lowest BCUT2D eigenvalue weighted by Gasteiger charge is -2.29. The van der Waals surface area contributed by atoms with Gasteiger partial charge in [-0.15, -0.1) is 0 Å². The van der Waals surface area contributed by atoms with Gasteiger partial charge in [0.25, 0.3) is 0 Å². The molecule has 0 bridgehead atoms. The molecule has 0 saturated heterocycles. The summed E-state index contributed by atoms with van der Waals surface area (Å²) in [6.07, 6.45) is 0.558. The predicted octanol–water partition coefficient (Wildman–Crippen LogP) is 3.65. The minimum atomic E-state index is -0.964. The minimum Gasteiger partial charge on any atom is -0.481 e. The molecule has 0 saturated carbocycles. The van der Waals surface area contributed by atoms with Crippen LogP contribution in [0.3, 0.4) is 0 Å². The smallest absolute Gasteiger partial charge is 0.303 e. The maximum absolute atomic E-state index is 12.7. The van der Waals surface area contributed by atoms with Gasteiger partial charge in [0.1, 0.15) is 0 Å². The molecule has 2 aromatic carbocycles. The molecule has 0 aliphatic carbocycles. The minimum absolute atomic E-state index is 0.0156. The van der Waals surface area contributed by atoms with E-state index in [9.17, 15) is 9.59 Å². The van der Waals surface area contributed by atoms with Crippen molar-refractivity contribution in [3.05, 3.63) is 71.8 Å². The monoisotopic (exact) mass is 321 g/mol. The van der Waals surface area contributed by atoms with Gasteiger partial charge in [0.05, 0.1) is 18.7 Å². The van der Waals surface area contributed by atoms with Crippen LogP contribution in [0.15, 0.2) is 55.1 Å². The van der Waals surface area contributed by atoms with Gasteiger partial charge < -0.3 is 10.0 Å². The third-order valence-corrected chi connectivity index (χ3v) is 4.28. The summed E-state index contributed by atoms with van der Waals surface area (Å²) in [6.45, 7) is 4.64. The number of rotatable bonds is 3. The number of hydrogen-bond donors (Lipinski definition) is 1. The average Bonchev–Trinajstić information content (AvgIpc) is 2.57. The van der Waals surface area contributed by atoms with E-state index in [1.807, 2.05) is 48.5 Å². The summed E-state index contributed by atoms with van der Waals surface area (Å²) in [5, 5.41) is 8.87. The second-order valence-corrected chi connectivity index (χ2v) is 5.94. The zero-order valence-electron chi connectivity index (χ0n) is 13.4. The first-order valence-electron chi connectivity index (χ1n) is 7.92.